The second kappa shape index (κ2) is 7.47. The third-order valence-electron chi connectivity index (χ3n) is 3.99. The van der Waals surface area contributed by atoms with Crippen LogP contribution in [0.4, 0.5) is 0 Å². The molecule has 0 bridgehead atoms. The lowest BCUT2D eigenvalue weighted by Crippen LogP contribution is -2.13. The summed E-state index contributed by atoms with van der Waals surface area (Å²) in [5.74, 6) is 0.745. The number of hydrogen-bond donors (Lipinski definition) is 0. The lowest BCUT2D eigenvalue weighted by Gasteiger charge is -2.07. The van der Waals surface area contributed by atoms with Crippen LogP contribution in [0.3, 0.4) is 0 Å². The summed E-state index contributed by atoms with van der Waals surface area (Å²) in [5, 5.41) is 8.32. The summed E-state index contributed by atoms with van der Waals surface area (Å²) in [6, 6.07) is 6.78. The predicted molar refractivity (Wildman–Crippen MR) is 95.9 cm³/mol. The fraction of sp³-hybridized carbons (Fsp3) is 0.438. The summed E-state index contributed by atoms with van der Waals surface area (Å²) in [6.45, 7) is 1.77. The van der Waals surface area contributed by atoms with Crippen molar-refractivity contribution in [1.82, 2.24) is 10.2 Å². The maximum Gasteiger partial charge on any atom is 0.277 e. The SMILES string of the molecule is C[C@H](Sc1nnc(C[C@H]2CCS(=O)(=O)C2)o1)C(=O)c1cccc(Cl)c1. The average Bonchev–Trinajstić information content (AvgIpc) is 3.12. The smallest absolute Gasteiger partial charge is 0.277 e. The van der Waals surface area contributed by atoms with Gasteiger partial charge in [0.2, 0.25) is 5.89 Å². The molecule has 9 heteroatoms. The molecule has 25 heavy (non-hydrogen) atoms. The standard InChI is InChI=1S/C16H17ClN2O4S2/c1-10(15(20)12-3-2-4-13(17)8-12)24-16-19-18-14(23-16)7-11-5-6-25(21,22)9-11/h2-4,8,10-11H,5-7,9H2,1H3/t10-,11+/m0/s1. The highest BCUT2D eigenvalue weighted by molar-refractivity contribution is 8.00. The second-order valence-corrected chi connectivity index (χ2v) is 10.0. The number of aromatic nitrogens is 2. The van der Waals surface area contributed by atoms with Crippen molar-refractivity contribution in [2.24, 2.45) is 5.92 Å². The van der Waals surface area contributed by atoms with E-state index in [1.165, 1.54) is 11.8 Å². The number of halogens is 1. The molecule has 1 aliphatic rings. The number of carbonyl (C=O) groups excluding carboxylic acids is 1. The number of ketones is 1. The van der Waals surface area contributed by atoms with Gasteiger partial charge < -0.3 is 4.42 Å². The van der Waals surface area contributed by atoms with Crippen molar-refractivity contribution in [1.29, 1.82) is 0 Å². The molecule has 1 aromatic carbocycles. The first-order chi connectivity index (χ1) is 11.8. The van der Waals surface area contributed by atoms with E-state index in [1.54, 1.807) is 31.2 Å². The molecule has 0 N–H and O–H groups in total. The Hall–Kier alpha value is -1.38. The van der Waals surface area contributed by atoms with Gasteiger partial charge in [0.1, 0.15) is 0 Å². The monoisotopic (exact) mass is 400 g/mol. The van der Waals surface area contributed by atoms with E-state index in [9.17, 15) is 13.2 Å². The Morgan fingerprint density at radius 3 is 2.92 bits per heavy atom. The van der Waals surface area contributed by atoms with Gasteiger partial charge in [-0.15, -0.1) is 10.2 Å². The zero-order chi connectivity index (χ0) is 18.0. The van der Waals surface area contributed by atoms with Gasteiger partial charge in [-0.05, 0) is 31.4 Å². The molecule has 1 aliphatic heterocycles. The van der Waals surface area contributed by atoms with Gasteiger partial charge in [0.05, 0.1) is 16.8 Å². The average molecular weight is 401 g/mol. The third-order valence-corrected chi connectivity index (χ3v) is 7.00. The number of rotatable bonds is 6. The number of benzene rings is 1. The Morgan fingerprint density at radius 2 is 2.24 bits per heavy atom. The van der Waals surface area contributed by atoms with Crippen molar-refractivity contribution >= 4 is 39.0 Å². The minimum absolute atomic E-state index is 0.0221. The van der Waals surface area contributed by atoms with Crippen LogP contribution in [0.1, 0.15) is 29.6 Å². The highest BCUT2D eigenvalue weighted by Crippen LogP contribution is 2.27. The number of thioether (sulfide) groups is 1. The first-order valence-corrected chi connectivity index (χ1v) is 10.9. The maximum absolute atomic E-state index is 12.4. The van der Waals surface area contributed by atoms with Crippen LogP contribution in [0.25, 0.3) is 0 Å². The number of sulfone groups is 1. The maximum atomic E-state index is 12.4. The van der Waals surface area contributed by atoms with E-state index in [0.717, 1.165) is 0 Å². The summed E-state index contributed by atoms with van der Waals surface area (Å²) in [7, 11) is -2.92. The molecule has 1 fully saturated rings. The van der Waals surface area contributed by atoms with Crippen LogP contribution in [0.2, 0.25) is 5.02 Å². The quantitative estimate of drug-likeness (QED) is 0.543. The van der Waals surface area contributed by atoms with Crippen LogP contribution >= 0.6 is 23.4 Å². The summed E-state index contributed by atoms with van der Waals surface area (Å²) < 4.78 is 28.6. The highest BCUT2D eigenvalue weighted by atomic mass is 35.5. The van der Waals surface area contributed by atoms with Crippen LogP contribution in [0, 0.1) is 5.92 Å². The third kappa shape index (κ3) is 4.83. The molecule has 0 aliphatic carbocycles. The Balaban J connectivity index is 1.60. The van der Waals surface area contributed by atoms with Gasteiger partial charge in [-0.1, -0.05) is 35.5 Å². The number of Topliss-reactive ketones (excluding diaryl/α,β-unsaturated/α-hetero) is 1. The summed E-state index contributed by atoms with van der Waals surface area (Å²) in [4.78, 5) is 12.4. The molecule has 6 nitrogen and oxygen atoms in total. The molecule has 3 rings (SSSR count). The number of nitrogens with zero attached hydrogens (tertiary/aromatic N) is 2. The molecule has 1 aromatic heterocycles. The fourth-order valence-corrected chi connectivity index (χ4v) is 5.56. The van der Waals surface area contributed by atoms with Crippen LogP contribution in [-0.4, -0.2) is 41.2 Å². The van der Waals surface area contributed by atoms with Gasteiger partial charge in [-0.2, -0.15) is 0 Å². The molecule has 0 radical (unpaired) electrons. The van der Waals surface area contributed by atoms with Crippen LogP contribution in [-0.2, 0) is 16.3 Å². The van der Waals surface area contributed by atoms with E-state index in [4.69, 9.17) is 16.0 Å². The van der Waals surface area contributed by atoms with Crippen molar-refractivity contribution < 1.29 is 17.6 Å². The summed E-state index contributed by atoms with van der Waals surface area (Å²) in [5.41, 5.74) is 0.531. The highest BCUT2D eigenvalue weighted by Gasteiger charge is 2.29. The predicted octanol–water partition coefficient (Wildman–Crippen LogP) is 3.06. The largest absolute Gasteiger partial charge is 0.416 e. The number of hydrogen-bond acceptors (Lipinski definition) is 7. The molecule has 0 unspecified atom stereocenters. The topological polar surface area (TPSA) is 90.1 Å². The minimum Gasteiger partial charge on any atom is -0.416 e. The molecule has 2 heterocycles. The van der Waals surface area contributed by atoms with E-state index in [1.807, 2.05) is 0 Å². The van der Waals surface area contributed by atoms with Gasteiger partial charge in [0.25, 0.3) is 5.22 Å². The fourth-order valence-electron chi connectivity index (χ4n) is 2.73. The van der Waals surface area contributed by atoms with E-state index >= 15 is 0 Å². The first kappa shape index (κ1) is 18.4. The summed E-state index contributed by atoms with van der Waals surface area (Å²) in [6.07, 6.45) is 1.07. The molecule has 0 saturated carbocycles. The zero-order valence-corrected chi connectivity index (χ0v) is 15.9. The van der Waals surface area contributed by atoms with Crippen molar-refractivity contribution in [3.05, 3.63) is 40.7 Å². The molecule has 0 amide bonds. The molecule has 2 atom stereocenters. The van der Waals surface area contributed by atoms with Crippen molar-refractivity contribution in [3.8, 4) is 0 Å². The van der Waals surface area contributed by atoms with Crippen molar-refractivity contribution in [2.45, 2.75) is 30.2 Å². The Morgan fingerprint density at radius 1 is 1.44 bits per heavy atom. The summed E-state index contributed by atoms with van der Waals surface area (Å²) >= 11 is 7.10. The van der Waals surface area contributed by atoms with Crippen molar-refractivity contribution in [3.63, 3.8) is 0 Å². The molecule has 134 valence electrons. The minimum atomic E-state index is -2.92. The van der Waals surface area contributed by atoms with Crippen LogP contribution in [0.5, 0.6) is 0 Å². The van der Waals surface area contributed by atoms with E-state index in [-0.39, 0.29) is 23.2 Å². The first-order valence-electron chi connectivity index (χ1n) is 7.81. The van der Waals surface area contributed by atoms with E-state index in [2.05, 4.69) is 10.2 Å². The van der Waals surface area contributed by atoms with Crippen molar-refractivity contribution in [2.75, 3.05) is 11.5 Å². The van der Waals surface area contributed by atoms with Gasteiger partial charge in [-0.3, -0.25) is 4.79 Å². The van der Waals surface area contributed by atoms with E-state index < -0.39 is 15.1 Å². The molecular weight excluding hydrogens is 384 g/mol. The van der Waals surface area contributed by atoms with Crippen LogP contribution in [0.15, 0.2) is 33.9 Å². The normalized spacial score (nSPS) is 20.5. The molecule has 2 aromatic rings. The molecular formula is C16H17ClN2O4S2. The number of carbonyl (C=O) groups is 1. The van der Waals surface area contributed by atoms with Crippen LogP contribution < -0.4 is 0 Å². The zero-order valence-electron chi connectivity index (χ0n) is 13.5. The Kier molecular flexibility index (Phi) is 5.50. The van der Waals surface area contributed by atoms with Gasteiger partial charge >= 0.3 is 0 Å². The Labute approximate surface area is 155 Å². The van der Waals surface area contributed by atoms with Gasteiger partial charge in [0, 0.05) is 17.0 Å². The van der Waals surface area contributed by atoms with Gasteiger partial charge in [0.15, 0.2) is 15.6 Å². The Bertz CT molecular complexity index is 882. The van der Waals surface area contributed by atoms with E-state index in [0.29, 0.717) is 34.5 Å². The molecule has 1 saturated heterocycles. The molecule has 0 spiro atoms. The second-order valence-electron chi connectivity index (χ2n) is 6.07. The van der Waals surface area contributed by atoms with Gasteiger partial charge in [-0.25, -0.2) is 8.42 Å². The lowest BCUT2D eigenvalue weighted by atomic mass is 10.1. The lowest BCUT2D eigenvalue weighted by molar-refractivity contribution is 0.0993.